The predicted molar refractivity (Wildman–Crippen MR) is 117 cm³/mol. The third-order valence-corrected chi connectivity index (χ3v) is 5.99. The maximum absolute atomic E-state index is 12.5. The molecule has 1 aliphatic heterocycles. The number of carbonyl (C=O) groups is 1. The average molecular weight is 381 g/mol. The number of cyclic esters (lactones) is 1. The summed E-state index contributed by atoms with van der Waals surface area (Å²) < 4.78 is 6.14. The Morgan fingerprint density at radius 2 is 1.24 bits per heavy atom. The van der Waals surface area contributed by atoms with Crippen LogP contribution in [0.25, 0.3) is 21.5 Å². The molecular formula is C26H23NO2. The number of hydrogen-bond acceptors (Lipinski definition) is 2. The second kappa shape index (κ2) is 6.63. The fraction of sp³-hybridized carbons (Fsp3) is 0.192. The minimum Gasteiger partial charge on any atom is -0.431 e. The van der Waals surface area contributed by atoms with Gasteiger partial charge in [-0.25, -0.2) is 4.79 Å². The van der Waals surface area contributed by atoms with E-state index in [4.69, 9.17) is 4.74 Å². The van der Waals surface area contributed by atoms with Crippen LogP contribution in [0.1, 0.15) is 25.0 Å². The van der Waals surface area contributed by atoms with Crippen molar-refractivity contribution in [1.82, 2.24) is 5.32 Å². The lowest BCUT2D eigenvalue weighted by Gasteiger charge is -2.36. The maximum atomic E-state index is 12.5. The lowest BCUT2D eigenvalue weighted by molar-refractivity contribution is 0.0586. The number of hydrogen-bond donors (Lipinski definition) is 1. The Balaban J connectivity index is 1.79. The van der Waals surface area contributed by atoms with Gasteiger partial charge in [-0.2, -0.15) is 0 Å². The standard InChI is InChI=1S/C26H23NO2/c1-17(2)24-26(29-25(28)27-24,22-13-11-18-7-3-5-9-20(18)15-22)23-14-12-19-8-4-6-10-21(19)16-23/h3-17,24H,1-2H3,(H,27,28)/t24-/m0/s1. The molecule has 1 fully saturated rings. The molecule has 0 unspecified atom stereocenters. The van der Waals surface area contributed by atoms with Crippen molar-refractivity contribution in [2.45, 2.75) is 25.5 Å². The van der Waals surface area contributed by atoms with E-state index >= 15 is 0 Å². The van der Waals surface area contributed by atoms with E-state index < -0.39 is 5.60 Å². The first kappa shape index (κ1) is 17.7. The molecule has 1 amide bonds. The number of nitrogens with one attached hydrogen (secondary N) is 1. The van der Waals surface area contributed by atoms with Gasteiger partial charge in [0.1, 0.15) is 0 Å². The number of alkyl carbamates (subject to hydrolysis) is 1. The van der Waals surface area contributed by atoms with Gasteiger partial charge in [0.2, 0.25) is 0 Å². The van der Waals surface area contributed by atoms with Crippen LogP contribution in [-0.4, -0.2) is 12.1 Å². The highest BCUT2D eigenvalue weighted by atomic mass is 16.6. The van der Waals surface area contributed by atoms with E-state index in [0.29, 0.717) is 0 Å². The summed E-state index contributed by atoms with van der Waals surface area (Å²) in [6.07, 6.45) is -0.370. The lowest BCUT2D eigenvalue weighted by atomic mass is 9.75. The Morgan fingerprint density at radius 3 is 1.72 bits per heavy atom. The normalized spacial score (nSPS) is 18.2. The second-order valence-electron chi connectivity index (χ2n) is 8.12. The van der Waals surface area contributed by atoms with E-state index in [0.717, 1.165) is 21.9 Å². The van der Waals surface area contributed by atoms with Crippen molar-refractivity contribution in [3.63, 3.8) is 0 Å². The summed E-state index contributed by atoms with van der Waals surface area (Å²) in [5, 5.41) is 7.69. The van der Waals surface area contributed by atoms with Crippen molar-refractivity contribution in [3.8, 4) is 0 Å². The molecule has 0 aliphatic carbocycles. The maximum Gasteiger partial charge on any atom is 0.408 e. The molecule has 1 atom stereocenters. The Morgan fingerprint density at radius 1 is 0.759 bits per heavy atom. The molecule has 4 aromatic rings. The van der Waals surface area contributed by atoms with Crippen molar-refractivity contribution in [2.24, 2.45) is 5.92 Å². The largest absolute Gasteiger partial charge is 0.431 e. The Kier molecular flexibility index (Phi) is 4.06. The van der Waals surface area contributed by atoms with Gasteiger partial charge < -0.3 is 10.1 Å². The summed E-state index contributed by atoms with van der Waals surface area (Å²) in [4.78, 5) is 12.5. The fourth-order valence-electron chi connectivity index (χ4n) is 4.59. The summed E-state index contributed by atoms with van der Waals surface area (Å²) in [5.74, 6) is 0.194. The zero-order chi connectivity index (χ0) is 20.0. The molecule has 144 valence electrons. The molecule has 0 aromatic heterocycles. The predicted octanol–water partition coefficient (Wildman–Crippen LogP) is 6.00. The van der Waals surface area contributed by atoms with Gasteiger partial charge in [0.15, 0.2) is 5.60 Å². The molecule has 1 aliphatic rings. The van der Waals surface area contributed by atoms with Gasteiger partial charge in [-0.1, -0.05) is 86.6 Å². The first-order valence-electron chi connectivity index (χ1n) is 10.1. The SMILES string of the molecule is CC(C)[C@@H]1NC(=O)OC1(c1ccc2ccccc2c1)c1ccc2ccccc2c1. The zero-order valence-electron chi connectivity index (χ0n) is 16.6. The summed E-state index contributed by atoms with van der Waals surface area (Å²) >= 11 is 0. The third kappa shape index (κ3) is 2.77. The zero-order valence-corrected chi connectivity index (χ0v) is 16.6. The molecule has 3 heteroatoms. The van der Waals surface area contributed by atoms with Crippen LogP contribution < -0.4 is 5.32 Å². The van der Waals surface area contributed by atoms with Crippen LogP contribution in [0.2, 0.25) is 0 Å². The quantitative estimate of drug-likeness (QED) is 0.472. The molecule has 0 spiro atoms. The molecule has 0 radical (unpaired) electrons. The number of amides is 1. The number of carbonyl (C=O) groups excluding carboxylic acids is 1. The topological polar surface area (TPSA) is 38.3 Å². The van der Waals surface area contributed by atoms with Gasteiger partial charge in [-0.05, 0) is 39.6 Å². The lowest BCUT2D eigenvalue weighted by Crippen LogP contribution is -2.45. The van der Waals surface area contributed by atoms with E-state index in [1.54, 1.807) is 0 Å². The number of ether oxygens (including phenoxy) is 1. The molecule has 0 bridgehead atoms. The van der Waals surface area contributed by atoms with Crippen LogP contribution in [0.3, 0.4) is 0 Å². The molecule has 3 nitrogen and oxygen atoms in total. The second-order valence-corrected chi connectivity index (χ2v) is 8.12. The third-order valence-electron chi connectivity index (χ3n) is 5.99. The van der Waals surface area contributed by atoms with Crippen LogP contribution in [0, 0.1) is 5.92 Å². The number of rotatable bonds is 3. The Labute approximate surface area is 170 Å². The van der Waals surface area contributed by atoms with Crippen LogP contribution in [0.4, 0.5) is 4.79 Å². The molecule has 29 heavy (non-hydrogen) atoms. The molecule has 1 N–H and O–H groups in total. The molecule has 1 saturated heterocycles. The molecular weight excluding hydrogens is 358 g/mol. The van der Waals surface area contributed by atoms with Gasteiger partial charge in [-0.3, -0.25) is 0 Å². The highest BCUT2D eigenvalue weighted by molar-refractivity contribution is 5.86. The van der Waals surface area contributed by atoms with E-state index in [9.17, 15) is 4.79 Å². The smallest absolute Gasteiger partial charge is 0.408 e. The van der Waals surface area contributed by atoms with Gasteiger partial charge >= 0.3 is 6.09 Å². The minimum atomic E-state index is -0.876. The Hall–Kier alpha value is -3.33. The van der Waals surface area contributed by atoms with Crippen molar-refractivity contribution in [2.75, 3.05) is 0 Å². The van der Waals surface area contributed by atoms with Gasteiger partial charge in [0, 0.05) is 11.1 Å². The van der Waals surface area contributed by atoms with E-state index in [1.165, 1.54) is 10.8 Å². The van der Waals surface area contributed by atoms with Gasteiger partial charge in [-0.15, -0.1) is 0 Å². The van der Waals surface area contributed by atoms with Crippen LogP contribution >= 0.6 is 0 Å². The van der Waals surface area contributed by atoms with Crippen LogP contribution in [0.15, 0.2) is 84.9 Å². The highest BCUT2D eigenvalue weighted by Gasteiger charge is 2.53. The summed E-state index contributed by atoms with van der Waals surface area (Å²) in [5.41, 5.74) is 1.10. The first-order chi connectivity index (χ1) is 14.1. The Bertz CT molecular complexity index is 1150. The number of fused-ring (bicyclic) bond motifs is 2. The summed E-state index contributed by atoms with van der Waals surface area (Å²) in [6, 6.07) is 29.1. The van der Waals surface area contributed by atoms with Crippen LogP contribution in [-0.2, 0) is 10.3 Å². The van der Waals surface area contributed by atoms with E-state index in [1.807, 2.05) is 24.3 Å². The summed E-state index contributed by atoms with van der Waals surface area (Å²) in [7, 11) is 0. The number of benzene rings is 4. The van der Waals surface area contributed by atoms with Gasteiger partial charge in [0.25, 0.3) is 0 Å². The first-order valence-corrected chi connectivity index (χ1v) is 10.1. The van der Waals surface area contributed by atoms with Gasteiger partial charge in [0.05, 0.1) is 6.04 Å². The molecule has 4 aromatic carbocycles. The molecule has 0 saturated carbocycles. The highest BCUT2D eigenvalue weighted by Crippen LogP contribution is 2.44. The fourth-order valence-corrected chi connectivity index (χ4v) is 4.59. The van der Waals surface area contributed by atoms with E-state index in [2.05, 4.69) is 79.8 Å². The monoisotopic (exact) mass is 381 g/mol. The summed E-state index contributed by atoms with van der Waals surface area (Å²) in [6.45, 7) is 4.24. The van der Waals surface area contributed by atoms with Crippen molar-refractivity contribution < 1.29 is 9.53 Å². The average Bonchev–Trinajstić information content (AvgIpc) is 3.11. The molecule has 1 heterocycles. The molecule has 5 rings (SSSR count). The van der Waals surface area contributed by atoms with E-state index in [-0.39, 0.29) is 18.1 Å². The van der Waals surface area contributed by atoms with Crippen molar-refractivity contribution in [1.29, 1.82) is 0 Å². The van der Waals surface area contributed by atoms with Crippen molar-refractivity contribution in [3.05, 3.63) is 96.1 Å². The minimum absolute atomic E-state index is 0.169. The van der Waals surface area contributed by atoms with Crippen LogP contribution in [0.5, 0.6) is 0 Å². The van der Waals surface area contributed by atoms with Crippen molar-refractivity contribution >= 4 is 27.6 Å².